The number of amides is 5. The number of nitrogens with one attached hydrogen (secondary N) is 2. The predicted octanol–water partition coefficient (Wildman–Crippen LogP) is 3.67. The number of hydrogen-bond acceptors (Lipinski definition) is 12. The first-order chi connectivity index (χ1) is 30.3. The summed E-state index contributed by atoms with van der Waals surface area (Å²) in [5.41, 5.74) is 3.42. The summed E-state index contributed by atoms with van der Waals surface area (Å²) in [6.45, 7) is 10.2. The summed E-state index contributed by atoms with van der Waals surface area (Å²) >= 11 is 0. The largest absolute Gasteiger partial charge is 0.386 e. The molecule has 2 aromatic carbocycles. The highest BCUT2D eigenvalue weighted by Gasteiger charge is 2.45. The highest BCUT2D eigenvalue weighted by molar-refractivity contribution is 6.23. The van der Waals surface area contributed by atoms with Crippen LogP contribution in [0, 0.1) is 17.2 Å². The molecule has 5 aromatic rings. The Hall–Kier alpha value is -6.48. The quantitative estimate of drug-likeness (QED) is 0.182. The molecule has 324 valence electrons. The third-order valence-electron chi connectivity index (χ3n) is 13.7. The maximum absolute atomic E-state index is 13.5. The molecule has 7 heterocycles. The first-order valence-electron chi connectivity index (χ1n) is 21.8. The zero-order chi connectivity index (χ0) is 43.7. The molecule has 4 fully saturated rings. The van der Waals surface area contributed by atoms with Gasteiger partial charge in [-0.1, -0.05) is 0 Å². The van der Waals surface area contributed by atoms with Gasteiger partial charge in [0, 0.05) is 92.7 Å². The lowest BCUT2D eigenvalue weighted by Crippen LogP contribution is -2.56. The SMILES string of the molecule is CC(C)(O)c1cc2nn(C3CCC(N4CCN(CC5CN(c6ccc7c(c6)C(=O)N(C6CCC(=O)NC6=O)C7=O)C5)CC4)CC3)cc2cc1NC(=O)c1ccc2cc(C#N)cnn12. The topological polar surface area (TPSA) is 202 Å². The molecule has 5 amide bonds. The van der Waals surface area contributed by atoms with Gasteiger partial charge in [0.05, 0.1) is 45.6 Å². The van der Waals surface area contributed by atoms with E-state index < -0.39 is 35.3 Å². The lowest BCUT2D eigenvalue weighted by atomic mass is 9.89. The molecule has 3 saturated heterocycles. The van der Waals surface area contributed by atoms with Gasteiger partial charge in [-0.15, -0.1) is 0 Å². The second-order valence-electron chi connectivity index (χ2n) is 18.2. The summed E-state index contributed by atoms with van der Waals surface area (Å²) in [5.74, 6) is -1.85. The molecule has 10 rings (SSSR count). The van der Waals surface area contributed by atoms with Crippen molar-refractivity contribution in [2.24, 2.45) is 5.92 Å². The van der Waals surface area contributed by atoms with Gasteiger partial charge in [-0.25, -0.2) is 4.52 Å². The molecular formula is C46H49N11O6. The fourth-order valence-electron chi connectivity index (χ4n) is 10.2. The molecule has 1 unspecified atom stereocenters. The van der Waals surface area contributed by atoms with Crippen molar-refractivity contribution in [2.75, 3.05) is 56.0 Å². The summed E-state index contributed by atoms with van der Waals surface area (Å²) in [4.78, 5) is 72.5. The van der Waals surface area contributed by atoms with Crippen LogP contribution in [-0.4, -0.2) is 127 Å². The van der Waals surface area contributed by atoms with Crippen LogP contribution in [0.5, 0.6) is 0 Å². The Kier molecular flexibility index (Phi) is 10.1. The Bertz CT molecular complexity index is 2740. The van der Waals surface area contributed by atoms with Crippen molar-refractivity contribution in [2.45, 2.75) is 76.1 Å². The van der Waals surface area contributed by atoms with Gasteiger partial charge in [0.25, 0.3) is 17.7 Å². The molecule has 0 radical (unpaired) electrons. The molecule has 63 heavy (non-hydrogen) atoms. The van der Waals surface area contributed by atoms with E-state index in [1.165, 1.54) is 10.7 Å². The van der Waals surface area contributed by atoms with Gasteiger partial charge in [-0.2, -0.15) is 15.5 Å². The van der Waals surface area contributed by atoms with Crippen molar-refractivity contribution in [3.05, 3.63) is 88.9 Å². The van der Waals surface area contributed by atoms with Crippen molar-refractivity contribution in [3.8, 4) is 6.07 Å². The Labute approximate surface area is 363 Å². The molecule has 17 heteroatoms. The molecule has 17 nitrogen and oxygen atoms in total. The number of aromatic nitrogens is 4. The Balaban J connectivity index is 0.708. The third-order valence-corrected chi connectivity index (χ3v) is 13.7. The number of nitrogens with zero attached hydrogens (tertiary/aromatic N) is 9. The van der Waals surface area contributed by atoms with Gasteiger partial charge in [-0.3, -0.25) is 43.8 Å². The van der Waals surface area contributed by atoms with E-state index in [1.807, 2.05) is 24.4 Å². The fourth-order valence-corrected chi connectivity index (χ4v) is 10.2. The summed E-state index contributed by atoms with van der Waals surface area (Å²) in [7, 11) is 0. The van der Waals surface area contributed by atoms with Gasteiger partial charge >= 0.3 is 0 Å². The van der Waals surface area contributed by atoms with Crippen LogP contribution in [0.3, 0.4) is 0 Å². The Morgan fingerprint density at radius 2 is 1.67 bits per heavy atom. The summed E-state index contributed by atoms with van der Waals surface area (Å²) in [6.07, 6.45) is 7.89. The minimum absolute atomic E-state index is 0.0914. The lowest BCUT2D eigenvalue weighted by molar-refractivity contribution is -0.136. The number of hydrogen-bond donors (Lipinski definition) is 3. The number of anilines is 2. The van der Waals surface area contributed by atoms with Crippen LogP contribution in [0.1, 0.15) is 101 Å². The van der Waals surface area contributed by atoms with Crippen molar-refractivity contribution in [1.82, 2.24) is 39.4 Å². The van der Waals surface area contributed by atoms with Crippen LogP contribution in [0.25, 0.3) is 16.4 Å². The third kappa shape index (κ3) is 7.51. The number of aliphatic hydroxyl groups is 1. The highest BCUT2D eigenvalue weighted by Crippen LogP contribution is 2.37. The molecule has 0 spiro atoms. The number of nitriles is 1. The first-order valence-corrected chi connectivity index (χ1v) is 21.8. The summed E-state index contributed by atoms with van der Waals surface area (Å²) in [6, 6.07) is 16.0. The second-order valence-corrected chi connectivity index (χ2v) is 18.2. The van der Waals surface area contributed by atoms with E-state index in [1.54, 1.807) is 44.2 Å². The molecule has 1 atom stereocenters. The molecule has 1 aliphatic carbocycles. The van der Waals surface area contributed by atoms with E-state index in [0.717, 1.165) is 93.0 Å². The average Bonchev–Trinajstić information content (AvgIpc) is 3.95. The molecule has 3 N–H and O–H groups in total. The maximum Gasteiger partial charge on any atom is 0.274 e. The van der Waals surface area contributed by atoms with Crippen molar-refractivity contribution < 1.29 is 29.1 Å². The number of rotatable bonds is 9. The summed E-state index contributed by atoms with van der Waals surface area (Å²) in [5, 5.41) is 35.8. The van der Waals surface area contributed by atoms with E-state index in [4.69, 9.17) is 5.10 Å². The van der Waals surface area contributed by atoms with Gasteiger partial charge in [-0.05, 0) is 94.5 Å². The minimum Gasteiger partial charge on any atom is -0.386 e. The van der Waals surface area contributed by atoms with Gasteiger partial charge in [0.2, 0.25) is 11.8 Å². The van der Waals surface area contributed by atoms with Crippen molar-refractivity contribution in [3.63, 3.8) is 0 Å². The van der Waals surface area contributed by atoms with E-state index in [2.05, 4.69) is 41.2 Å². The van der Waals surface area contributed by atoms with E-state index in [-0.39, 0.29) is 24.8 Å². The van der Waals surface area contributed by atoms with Crippen LogP contribution in [0.4, 0.5) is 11.4 Å². The normalized spacial score (nSPS) is 22.7. The molecule has 4 aliphatic heterocycles. The Morgan fingerprint density at radius 1 is 0.921 bits per heavy atom. The maximum atomic E-state index is 13.5. The second kappa shape index (κ2) is 15.7. The lowest BCUT2D eigenvalue weighted by Gasteiger charge is -2.46. The fraction of sp³-hybridized carbons (Fsp3) is 0.435. The Morgan fingerprint density at radius 3 is 2.40 bits per heavy atom. The monoisotopic (exact) mass is 851 g/mol. The number of piperazine rings is 1. The minimum atomic E-state index is -1.25. The van der Waals surface area contributed by atoms with Crippen LogP contribution in [-0.2, 0) is 15.2 Å². The molecule has 1 saturated carbocycles. The van der Waals surface area contributed by atoms with Crippen molar-refractivity contribution >= 4 is 57.3 Å². The molecule has 3 aromatic heterocycles. The molecule has 5 aliphatic rings. The number of imide groups is 2. The van der Waals surface area contributed by atoms with E-state index in [9.17, 15) is 34.3 Å². The van der Waals surface area contributed by atoms with Crippen molar-refractivity contribution in [1.29, 1.82) is 5.26 Å². The highest BCUT2D eigenvalue weighted by atomic mass is 16.3. The van der Waals surface area contributed by atoms with Gasteiger partial charge in [0.1, 0.15) is 17.8 Å². The van der Waals surface area contributed by atoms with Crippen LogP contribution in [0.15, 0.2) is 60.9 Å². The van der Waals surface area contributed by atoms with Crippen LogP contribution in [0.2, 0.25) is 0 Å². The van der Waals surface area contributed by atoms with Crippen LogP contribution < -0.4 is 15.5 Å². The van der Waals surface area contributed by atoms with E-state index >= 15 is 0 Å². The number of benzene rings is 2. The van der Waals surface area contributed by atoms with Gasteiger partial charge in [0.15, 0.2) is 0 Å². The zero-order valence-electron chi connectivity index (χ0n) is 35.3. The molecular weight excluding hydrogens is 803 g/mol. The predicted molar refractivity (Wildman–Crippen MR) is 231 cm³/mol. The first kappa shape index (κ1) is 40.6. The van der Waals surface area contributed by atoms with Crippen LogP contribution >= 0.6 is 0 Å². The number of carbonyl (C=O) groups is 5. The zero-order valence-corrected chi connectivity index (χ0v) is 35.3. The average molecular weight is 852 g/mol. The number of fused-ring (bicyclic) bond motifs is 3. The molecule has 0 bridgehead atoms. The summed E-state index contributed by atoms with van der Waals surface area (Å²) < 4.78 is 3.56. The van der Waals surface area contributed by atoms with Gasteiger partial charge < -0.3 is 20.2 Å². The van der Waals surface area contributed by atoms with E-state index in [0.29, 0.717) is 51.1 Å². The number of piperidine rings is 1. The number of carbonyl (C=O) groups excluding carboxylic acids is 5. The smallest absolute Gasteiger partial charge is 0.274 e. The standard InChI is InChI=1S/C46H49N11O6/c1-46(2,63)36-20-37-29(18-38(36)49-43(60)40-10-8-33-17-27(21-47)22-48-57(33)40)26-55(51-37)31-5-3-30(4-6-31)53-15-13-52(14-16-53)23-28-24-54(25-28)32-7-9-34-35(19-32)45(62)56(44(34)61)39-11-12-41(58)50-42(39)59/h7-10,17-20,22,26,28,30-31,39,63H,3-6,11-16,23-25H2,1-2H3,(H,49,60)(H,50,58,59).